The fraction of sp³-hybridized carbons (Fsp3) is 0.438. The van der Waals surface area contributed by atoms with Gasteiger partial charge in [0.15, 0.2) is 12.4 Å². The number of likely N-dealkylation sites (N-methyl/N-ethyl adjacent to an activating group) is 1. The summed E-state index contributed by atoms with van der Waals surface area (Å²) in [7, 11) is 0. The molecule has 1 aromatic heterocycles. The third-order valence-corrected chi connectivity index (χ3v) is 3.81. The van der Waals surface area contributed by atoms with Gasteiger partial charge in [-0.2, -0.15) is 0 Å². The number of ether oxygens (including phenoxy) is 1. The summed E-state index contributed by atoms with van der Waals surface area (Å²) in [6.45, 7) is 8.11. The Bertz CT molecular complexity index is 536. The van der Waals surface area contributed by atoms with Crippen LogP contribution < -0.4 is 0 Å². The van der Waals surface area contributed by atoms with Crippen LogP contribution in [-0.2, 0) is 14.3 Å². The van der Waals surface area contributed by atoms with Gasteiger partial charge in [-0.05, 0) is 25.3 Å². The molecule has 0 fully saturated rings. The smallest absolute Gasteiger partial charge is 0.306 e. The summed E-state index contributed by atoms with van der Waals surface area (Å²) in [5, 5.41) is 1.81. The lowest BCUT2D eigenvalue weighted by molar-refractivity contribution is -0.151. The molecule has 0 radical (unpaired) electrons. The normalized spacial score (nSPS) is 10.1. The maximum atomic E-state index is 11.9. The van der Waals surface area contributed by atoms with Gasteiger partial charge >= 0.3 is 5.97 Å². The number of thiophene rings is 1. The van der Waals surface area contributed by atoms with Crippen molar-refractivity contribution in [1.82, 2.24) is 4.90 Å². The Morgan fingerprint density at radius 1 is 1.32 bits per heavy atom. The first-order valence-electron chi connectivity index (χ1n) is 7.08. The molecule has 1 heterocycles. The van der Waals surface area contributed by atoms with Crippen LogP contribution >= 0.6 is 11.3 Å². The lowest BCUT2D eigenvalue weighted by Gasteiger charge is -2.20. The molecular weight excluding hydrogens is 302 g/mol. The Morgan fingerprint density at radius 3 is 2.59 bits per heavy atom. The van der Waals surface area contributed by atoms with Crippen molar-refractivity contribution in [3.8, 4) is 0 Å². The van der Waals surface area contributed by atoms with E-state index in [9.17, 15) is 14.4 Å². The fourth-order valence-electron chi connectivity index (χ4n) is 1.78. The first-order valence-corrected chi connectivity index (χ1v) is 7.96. The van der Waals surface area contributed by atoms with Crippen molar-refractivity contribution in [2.75, 3.05) is 19.7 Å². The average Bonchev–Trinajstić information content (AvgIpc) is 3.01. The molecule has 0 atom stereocenters. The van der Waals surface area contributed by atoms with Gasteiger partial charge < -0.3 is 9.64 Å². The SMILES string of the molecule is C=C(C)CN(CC)C(=O)COC(=O)CCC(=O)c1cccs1. The van der Waals surface area contributed by atoms with E-state index >= 15 is 0 Å². The van der Waals surface area contributed by atoms with Crippen molar-refractivity contribution in [2.45, 2.75) is 26.7 Å². The second-order valence-electron chi connectivity index (χ2n) is 4.93. The number of hydrogen-bond donors (Lipinski definition) is 0. The van der Waals surface area contributed by atoms with E-state index in [0.717, 1.165) is 5.57 Å². The van der Waals surface area contributed by atoms with Crippen LogP contribution in [0.1, 0.15) is 36.4 Å². The zero-order chi connectivity index (χ0) is 16.5. The van der Waals surface area contributed by atoms with Crippen molar-refractivity contribution in [3.05, 3.63) is 34.5 Å². The van der Waals surface area contributed by atoms with Crippen molar-refractivity contribution in [2.24, 2.45) is 0 Å². The maximum absolute atomic E-state index is 11.9. The summed E-state index contributed by atoms with van der Waals surface area (Å²) in [5.74, 6) is -0.885. The minimum Gasteiger partial charge on any atom is -0.456 e. The predicted octanol–water partition coefficient (Wildman–Crippen LogP) is 2.68. The van der Waals surface area contributed by atoms with Crippen molar-refractivity contribution in [1.29, 1.82) is 0 Å². The number of rotatable bonds is 9. The summed E-state index contributed by atoms with van der Waals surface area (Å²) in [6.07, 6.45) is 0.0768. The summed E-state index contributed by atoms with van der Waals surface area (Å²) in [5.41, 5.74) is 0.864. The van der Waals surface area contributed by atoms with Crippen molar-refractivity contribution in [3.63, 3.8) is 0 Å². The molecule has 0 saturated carbocycles. The van der Waals surface area contributed by atoms with Gasteiger partial charge in [0.25, 0.3) is 5.91 Å². The average molecular weight is 323 g/mol. The number of hydrogen-bond acceptors (Lipinski definition) is 5. The zero-order valence-electron chi connectivity index (χ0n) is 13.0. The molecule has 0 N–H and O–H groups in total. The lowest BCUT2D eigenvalue weighted by Crippen LogP contribution is -2.35. The Balaban J connectivity index is 2.31. The topological polar surface area (TPSA) is 63.7 Å². The molecule has 0 spiro atoms. The highest BCUT2D eigenvalue weighted by Gasteiger charge is 2.15. The Morgan fingerprint density at radius 2 is 2.05 bits per heavy atom. The van der Waals surface area contributed by atoms with E-state index in [1.807, 2.05) is 19.2 Å². The molecule has 120 valence electrons. The molecule has 22 heavy (non-hydrogen) atoms. The molecular formula is C16H21NO4S. The molecule has 0 aromatic carbocycles. The summed E-state index contributed by atoms with van der Waals surface area (Å²) in [4.78, 5) is 37.4. The first kappa shape index (κ1) is 18.1. The highest BCUT2D eigenvalue weighted by atomic mass is 32.1. The standard InChI is InChI=1S/C16H21NO4S/c1-4-17(10-12(2)3)15(19)11-21-16(20)8-7-13(18)14-6-5-9-22-14/h5-6,9H,2,4,7-8,10-11H2,1,3H3. The molecule has 0 aliphatic rings. The van der Waals surface area contributed by atoms with Crippen LogP contribution in [0.4, 0.5) is 0 Å². The van der Waals surface area contributed by atoms with Gasteiger partial charge in [-0.3, -0.25) is 14.4 Å². The number of carbonyl (C=O) groups is 3. The van der Waals surface area contributed by atoms with E-state index in [0.29, 0.717) is 18.0 Å². The van der Waals surface area contributed by atoms with Crippen LogP contribution in [-0.4, -0.2) is 42.3 Å². The van der Waals surface area contributed by atoms with Crippen LogP contribution in [0.5, 0.6) is 0 Å². The number of esters is 1. The molecule has 0 aliphatic carbocycles. The Kier molecular flexibility index (Phi) is 7.52. The molecule has 0 bridgehead atoms. The quantitative estimate of drug-likeness (QED) is 0.398. The monoisotopic (exact) mass is 323 g/mol. The largest absolute Gasteiger partial charge is 0.456 e. The molecule has 0 unspecified atom stereocenters. The summed E-state index contributed by atoms with van der Waals surface area (Å²) >= 11 is 1.34. The van der Waals surface area contributed by atoms with Crippen LogP contribution in [0.15, 0.2) is 29.7 Å². The molecule has 6 heteroatoms. The lowest BCUT2D eigenvalue weighted by atomic mass is 10.2. The van der Waals surface area contributed by atoms with E-state index in [2.05, 4.69) is 6.58 Å². The van der Waals surface area contributed by atoms with Crippen LogP contribution in [0.25, 0.3) is 0 Å². The van der Waals surface area contributed by atoms with Gasteiger partial charge in [-0.15, -0.1) is 11.3 Å². The van der Waals surface area contributed by atoms with E-state index in [4.69, 9.17) is 4.74 Å². The van der Waals surface area contributed by atoms with E-state index in [1.165, 1.54) is 11.3 Å². The van der Waals surface area contributed by atoms with Crippen molar-refractivity contribution >= 4 is 29.0 Å². The fourth-order valence-corrected chi connectivity index (χ4v) is 2.48. The maximum Gasteiger partial charge on any atom is 0.306 e. The van der Waals surface area contributed by atoms with E-state index in [1.54, 1.807) is 17.0 Å². The van der Waals surface area contributed by atoms with Gasteiger partial charge in [-0.25, -0.2) is 0 Å². The number of carbonyl (C=O) groups excluding carboxylic acids is 3. The number of Topliss-reactive ketones (excluding diaryl/α,β-unsaturated/α-hetero) is 1. The highest BCUT2D eigenvalue weighted by molar-refractivity contribution is 7.12. The third-order valence-electron chi connectivity index (χ3n) is 2.90. The van der Waals surface area contributed by atoms with Crippen LogP contribution in [0, 0.1) is 0 Å². The second kappa shape index (κ2) is 9.15. The second-order valence-corrected chi connectivity index (χ2v) is 5.87. The predicted molar refractivity (Wildman–Crippen MR) is 85.9 cm³/mol. The molecule has 1 rings (SSSR count). The van der Waals surface area contributed by atoms with Crippen LogP contribution in [0.2, 0.25) is 0 Å². The molecule has 0 saturated heterocycles. The Hall–Kier alpha value is -1.95. The first-order chi connectivity index (χ1) is 10.4. The van der Waals surface area contributed by atoms with E-state index < -0.39 is 5.97 Å². The van der Waals surface area contributed by atoms with Gasteiger partial charge in [-0.1, -0.05) is 18.2 Å². The molecule has 1 amide bonds. The number of nitrogens with zero attached hydrogens (tertiary/aromatic N) is 1. The Labute approximate surface area is 134 Å². The van der Waals surface area contributed by atoms with Gasteiger partial charge in [0.2, 0.25) is 0 Å². The van der Waals surface area contributed by atoms with Crippen molar-refractivity contribution < 1.29 is 19.1 Å². The summed E-state index contributed by atoms with van der Waals surface area (Å²) in [6, 6.07) is 3.51. The molecule has 0 aliphatic heterocycles. The minimum atomic E-state index is -0.537. The number of ketones is 1. The van der Waals surface area contributed by atoms with E-state index in [-0.39, 0.29) is 31.1 Å². The van der Waals surface area contributed by atoms with Gasteiger partial charge in [0, 0.05) is 19.5 Å². The summed E-state index contributed by atoms with van der Waals surface area (Å²) < 4.78 is 4.93. The minimum absolute atomic E-state index is 0.0172. The third kappa shape index (κ3) is 6.22. The highest BCUT2D eigenvalue weighted by Crippen LogP contribution is 2.12. The van der Waals surface area contributed by atoms with Gasteiger partial charge in [0.05, 0.1) is 11.3 Å². The molecule has 1 aromatic rings. The van der Waals surface area contributed by atoms with Crippen LogP contribution in [0.3, 0.4) is 0 Å². The molecule has 5 nitrogen and oxygen atoms in total. The number of amides is 1. The zero-order valence-corrected chi connectivity index (χ0v) is 13.8. The van der Waals surface area contributed by atoms with Gasteiger partial charge in [0.1, 0.15) is 0 Å².